The third kappa shape index (κ3) is 2.82. The summed E-state index contributed by atoms with van der Waals surface area (Å²) in [7, 11) is 0. The van der Waals surface area contributed by atoms with E-state index in [1.165, 1.54) is 17.7 Å². The molecule has 0 fully saturated rings. The second-order valence-electron chi connectivity index (χ2n) is 5.02. The van der Waals surface area contributed by atoms with Crippen LogP contribution in [0.4, 0.5) is 10.1 Å². The average Bonchev–Trinajstić information content (AvgIpc) is 2.53. The van der Waals surface area contributed by atoms with Gasteiger partial charge in [0.05, 0.1) is 17.3 Å². The van der Waals surface area contributed by atoms with Gasteiger partial charge < -0.3 is 10.1 Å². The van der Waals surface area contributed by atoms with Gasteiger partial charge >= 0.3 is 0 Å². The van der Waals surface area contributed by atoms with Crippen LogP contribution in [0.2, 0.25) is 0 Å². The molecular formula is C17H15FN2O. The molecule has 3 nitrogen and oxygen atoms in total. The van der Waals surface area contributed by atoms with Crippen LogP contribution in [0.5, 0.6) is 5.75 Å². The molecule has 21 heavy (non-hydrogen) atoms. The summed E-state index contributed by atoms with van der Waals surface area (Å²) >= 11 is 0. The van der Waals surface area contributed by atoms with Crippen LogP contribution in [0.15, 0.2) is 36.4 Å². The van der Waals surface area contributed by atoms with Gasteiger partial charge in [-0.25, -0.2) is 4.39 Å². The molecule has 0 unspecified atom stereocenters. The molecule has 0 bridgehead atoms. The largest absolute Gasteiger partial charge is 0.487 e. The first-order valence-electron chi connectivity index (χ1n) is 6.95. The Balaban J connectivity index is 1.81. The van der Waals surface area contributed by atoms with E-state index in [2.05, 4.69) is 11.4 Å². The standard InChI is InChI=1S/C17H15FN2O/c18-15-7-6-13(14(9-15)10-19)11-21-16-5-1-3-12-4-2-8-20-17(12)16/h1,3,5-7,9,20H,2,4,8,11H2. The van der Waals surface area contributed by atoms with Crippen LogP contribution in [0.1, 0.15) is 23.1 Å². The van der Waals surface area contributed by atoms with Crippen LogP contribution in [-0.2, 0) is 13.0 Å². The SMILES string of the molecule is N#Cc1cc(F)ccc1COc1cccc2c1NCCC2. The maximum Gasteiger partial charge on any atom is 0.143 e. The molecule has 0 atom stereocenters. The molecule has 0 saturated heterocycles. The Bertz CT molecular complexity index is 706. The van der Waals surface area contributed by atoms with Crippen LogP contribution in [0.3, 0.4) is 0 Å². The quantitative estimate of drug-likeness (QED) is 0.935. The predicted octanol–water partition coefficient (Wildman–Crippen LogP) is 3.63. The zero-order valence-corrected chi connectivity index (χ0v) is 11.5. The van der Waals surface area contributed by atoms with Crippen molar-refractivity contribution in [3.63, 3.8) is 0 Å². The van der Waals surface area contributed by atoms with E-state index in [1.54, 1.807) is 6.07 Å². The van der Waals surface area contributed by atoms with Gasteiger partial charge in [-0.05, 0) is 36.6 Å². The summed E-state index contributed by atoms with van der Waals surface area (Å²) in [6.07, 6.45) is 2.16. The number of benzene rings is 2. The second-order valence-corrected chi connectivity index (χ2v) is 5.02. The number of nitrogens with zero attached hydrogens (tertiary/aromatic N) is 1. The van der Waals surface area contributed by atoms with Crippen LogP contribution < -0.4 is 10.1 Å². The molecule has 1 aliphatic heterocycles. The zero-order valence-electron chi connectivity index (χ0n) is 11.5. The fraction of sp³-hybridized carbons (Fsp3) is 0.235. The fourth-order valence-electron chi connectivity index (χ4n) is 2.53. The third-order valence-corrected chi connectivity index (χ3v) is 3.61. The minimum absolute atomic E-state index is 0.251. The summed E-state index contributed by atoms with van der Waals surface area (Å²) in [5, 5.41) is 12.4. The van der Waals surface area contributed by atoms with Gasteiger partial charge in [0, 0.05) is 12.1 Å². The average molecular weight is 282 g/mol. The van der Waals surface area contributed by atoms with Gasteiger partial charge in [0.25, 0.3) is 0 Å². The Kier molecular flexibility index (Phi) is 3.74. The summed E-state index contributed by atoms with van der Waals surface area (Å²) in [6.45, 7) is 1.19. The molecule has 1 aliphatic rings. The van der Waals surface area contributed by atoms with Crippen molar-refractivity contribution in [2.75, 3.05) is 11.9 Å². The molecule has 2 aromatic rings. The molecule has 0 spiro atoms. The van der Waals surface area contributed by atoms with Gasteiger partial charge in [-0.2, -0.15) is 5.26 Å². The van der Waals surface area contributed by atoms with Crippen molar-refractivity contribution in [3.8, 4) is 11.8 Å². The number of para-hydroxylation sites is 1. The summed E-state index contributed by atoms with van der Waals surface area (Å²) in [4.78, 5) is 0. The number of aryl methyl sites for hydroxylation is 1. The molecule has 3 rings (SSSR count). The van der Waals surface area contributed by atoms with E-state index in [1.807, 2.05) is 18.2 Å². The normalized spacial score (nSPS) is 13.0. The molecular weight excluding hydrogens is 267 g/mol. The lowest BCUT2D eigenvalue weighted by atomic mass is 10.0. The highest BCUT2D eigenvalue weighted by Gasteiger charge is 2.13. The summed E-state index contributed by atoms with van der Waals surface area (Å²) in [6, 6.07) is 12.1. The Morgan fingerprint density at radius 1 is 1.29 bits per heavy atom. The van der Waals surface area contributed by atoms with Crippen molar-refractivity contribution in [1.29, 1.82) is 5.26 Å². The number of ether oxygens (including phenoxy) is 1. The molecule has 0 radical (unpaired) electrons. The maximum atomic E-state index is 13.1. The highest BCUT2D eigenvalue weighted by atomic mass is 19.1. The van der Waals surface area contributed by atoms with Crippen molar-refractivity contribution in [2.45, 2.75) is 19.4 Å². The number of hydrogen-bond donors (Lipinski definition) is 1. The number of halogens is 1. The van der Waals surface area contributed by atoms with Gasteiger partial charge in [-0.3, -0.25) is 0 Å². The first kappa shape index (κ1) is 13.4. The number of nitrogens with one attached hydrogen (secondary N) is 1. The van der Waals surface area contributed by atoms with Crippen LogP contribution in [0.25, 0.3) is 0 Å². The van der Waals surface area contributed by atoms with Crippen LogP contribution >= 0.6 is 0 Å². The van der Waals surface area contributed by atoms with E-state index >= 15 is 0 Å². The Morgan fingerprint density at radius 3 is 3.05 bits per heavy atom. The smallest absolute Gasteiger partial charge is 0.143 e. The summed E-state index contributed by atoms with van der Waals surface area (Å²) in [5.41, 5.74) is 3.28. The van der Waals surface area contributed by atoms with Gasteiger partial charge in [0.2, 0.25) is 0 Å². The van der Waals surface area contributed by atoms with Crippen molar-refractivity contribution >= 4 is 5.69 Å². The Labute approximate surface area is 123 Å². The van der Waals surface area contributed by atoms with Crippen molar-refractivity contribution in [3.05, 3.63) is 58.9 Å². The van der Waals surface area contributed by atoms with E-state index in [0.717, 1.165) is 30.8 Å². The highest BCUT2D eigenvalue weighted by Crippen LogP contribution is 2.32. The van der Waals surface area contributed by atoms with Gasteiger partial charge in [-0.15, -0.1) is 0 Å². The molecule has 2 aromatic carbocycles. The van der Waals surface area contributed by atoms with Crippen molar-refractivity contribution < 1.29 is 9.13 Å². The summed E-state index contributed by atoms with van der Waals surface area (Å²) in [5.74, 6) is 0.370. The fourth-order valence-corrected chi connectivity index (χ4v) is 2.53. The number of fused-ring (bicyclic) bond motifs is 1. The van der Waals surface area contributed by atoms with E-state index < -0.39 is 5.82 Å². The molecule has 0 saturated carbocycles. The van der Waals surface area contributed by atoms with Crippen molar-refractivity contribution in [2.24, 2.45) is 0 Å². The molecule has 106 valence electrons. The Morgan fingerprint density at radius 2 is 2.19 bits per heavy atom. The van der Waals surface area contributed by atoms with Crippen LogP contribution in [0, 0.1) is 17.1 Å². The first-order chi connectivity index (χ1) is 10.3. The Hall–Kier alpha value is -2.54. The molecule has 4 heteroatoms. The van der Waals surface area contributed by atoms with E-state index in [9.17, 15) is 4.39 Å². The molecule has 0 aromatic heterocycles. The monoisotopic (exact) mass is 282 g/mol. The minimum atomic E-state index is -0.408. The topological polar surface area (TPSA) is 45.0 Å². The van der Waals surface area contributed by atoms with E-state index in [-0.39, 0.29) is 6.61 Å². The molecule has 1 N–H and O–H groups in total. The van der Waals surface area contributed by atoms with E-state index in [0.29, 0.717) is 11.1 Å². The lowest BCUT2D eigenvalue weighted by molar-refractivity contribution is 0.306. The molecule has 1 heterocycles. The number of nitriles is 1. The van der Waals surface area contributed by atoms with Crippen molar-refractivity contribution in [1.82, 2.24) is 0 Å². The van der Waals surface area contributed by atoms with Crippen LogP contribution in [-0.4, -0.2) is 6.54 Å². The molecule has 0 aliphatic carbocycles. The number of anilines is 1. The lowest BCUT2D eigenvalue weighted by Gasteiger charge is -2.21. The lowest BCUT2D eigenvalue weighted by Crippen LogP contribution is -2.13. The minimum Gasteiger partial charge on any atom is -0.487 e. The maximum absolute atomic E-state index is 13.1. The first-order valence-corrected chi connectivity index (χ1v) is 6.95. The highest BCUT2D eigenvalue weighted by molar-refractivity contribution is 5.63. The van der Waals surface area contributed by atoms with Gasteiger partial charge in [-0.1, -0.05) is 18.2 Å². The number of rotatable bonds is 3. The number of hydrogen-bond acceptors (Lipinski definition) is 3. The molecule has 0 amide bonds. The van der Waals surface area contributed by atoms with Gasteiger partial charge in [0.1, 0.15) is 18.2 Å². The summed E-state index contributed by atoms with van der Waals surface area (Å²) < 4.78 is 19.0. The second kappa shape index (κ2) is 5.84. The van der Waals surface area contributed by atoms with Gasteiger partial charge in [0.15, 0.2) is 0 Å². The predicted molar refractivity (Wildman–Crippen MR) is 78.7 cm³/mol. The zero-order chi connectivity index (χ0) is 14.7. The van der Waals surface area contributed by atoms with E-state index in [4.69, 9.17) is 10.00 Å². The third-order valence-electron chi connectivity index (χ3n) is 3.61.